The van der Waals surface area contributed by atoms with E-state index in [2.05, 4.69) is 17.0 Å². The minimum Gasteiger partial charge on any atom is -0.408 e. The molecule has 0 fully saturated rings. The van der Waals surface area contributed by atoms with Gasteiger partial charge in [-0.25, -0.2) is 9.48 Å². The van der Waals surface area contributed by atoms with Crippen molar-refractivity contribution in [2.75, 3.05) is 5.73 Å². The normalized spacial score (nSPS) is 11.3. The van der Waals surface area contributed by atoms with Crippen LogP contribution in [0, 0.1) is 13.8 Å². The molecule has 3 rings (SSSR count). The first-order valence-corrected chi connectivity index (χ1v) is 6.49. The van der Waals surface area contributed by atoms with Crippen LogP contribution in [0.1, 0.15) is 23.9 Å². The third kappa shape index (κ3) is 1.72. The van der Waals surface area contributed by atoms with Crippen LogP contribution >= 0.6 is 0 Å². The van der Waals surface area contributed by atoms with Crippen LogP contribution in [0.15, 0.2) is 21.3 Å². The van der Waals surface area contributed by atoms with Gasteiger partial charge in [-0.15, -0.1) is 0 Å². The molecule has 0 bridgehead atoms. The Morgan fingerprint density at radius 2 is 2.15 bits per heavy atom. The highest BCUT2D eigenvalue weighted by atomic mass is 16.4. The lowest BCUT2D eigenvalue weighted by Gasteiger charge is -2.08. The van der Waals surface area contributed by atoms with Crippen molar-refractivity contribution >= 4 is 16.8 Å². The number of aromatic amines is 1. The molecule has 0 unspecified atom stereocenters. The summed E-state index contributed by atoms with van der Waals surface area (Å²) in [7, 11) is 0. The molecule has 3 N–H and O–H groups in total. The number of aryl methyl sites for hydroxylation is 1. The summed E-state index contributed by atoms with van der Waals surface area (Å²) < 4.78 is 6.81. The van der Waals surface area contributed by atoms with Gasteiger partial charge in [-0.3, -0.25) is 4.98 Å². The number of benzene rings is 1. The first-order chi connectivity index (χ1) is 9.51. The smallest absolute Gasteiger partial charge is 0.408 e. The average molecular weight is 272 g/mol. The van der Waals surface area contributed by atoms with Crippen molar-refractivity contribution in [3.05, 3.63) is 39.6 Å². The van der Waals surface area contributed by atoms with Crippen LogP contribution in [-0.4, -0.2) is 14.8 Å². The predicted molar refractivity (Wildman–Crippen MR) is 77.2 cm³/mol. The molecule has 1 aromatic carbocycles. The number of nitrogens with zero attached hydrogens (tertiary/aromatic N) is 2. The summed E-state index contributed by atoms with van der Waals surface area (Å²) in [5.74, 6) is -0.487. The van der Waals surface area contributed by atoms with E-state index in [1.54, 1.807) is 12.1 Å². The van der Waals surface area contributed by atoms with E-state index in [1.165, 1.54) is 5.56 Å². The Morgan fingerprint density at radius 1 is 1.40 bits per heavy atom. The summed E-state index contributed by atoms with van der Waals surface area (Å²) in [6.45, 7) is 6.10. The number of nitrogens with one attached hydrogen (secondary N) is 1. The lowest BCUT2D eigenvalue weighted by molar-refractivity contribution is 0.555. The number of H-pyrrole nitrogens is 1. The number of hydrogen-bond donors (Lipinski definition) is 2. The maximum Gasteiger partial charge on any atom is 0.417 e. The molecule has 0 amide bonds. The van der Waals surface area contributed by atoms with E-state index in [1.807, 2.05) is 18.5 Å². The molecule has 0 saturated heterocycles. The summed E-state index contributed by atoms with van der Waals surface area (Å²) in [5, 5.41) is 4.54. The van der Waals surface area contributed by atoms with Crippen molar-refractivity contribution < 1.29 is 4.42 Å². The first kappa shape index (κ1) is 12.5. The minimum absolute atomic E-state index is 0.452. The molecule has 3 aromatic rings. The van der Waals surface area contributed by atoms with Crippen molar-refractivity contribution in [2.45, 2.75) is 27.2 Å². The van der Waals surface area contributed by atoms with Crippen LogP contribution in [0.4, 0.5) is 5.69 Å². The van der Waals surface area contributed by atoms with E-state index in [4.69, 9.17) is 10.2 Å². The Bertz CT molecular complexity index is 854. The number of aromatic nitrogens is 3. The number of rotatable bonds is 2. The molecule has 2 heterocycles. The predicted octanol–water partition coefficient (Wildman–Crippen LogP) is 2.07. The molecule has 6 heteroatoms. The second-order valence-electron chi connectivity index (χ2n) is 4.84. The van der Waals surface area contributed by atoms with Gasteiger partial charge in [-0.2, -0.15) is 5.10 Å². The van der Waals surface area contributed by atoms with Gasteiger partial charge in [-0.1, -0.05) is 6.92 Å². The lowest BCUT2D eigenvalue weighted by Crippen LogP contribution is -2.04. The Kier molecular flexibility index (Phi) is 2.67. The molecule has 0 atom stereocenters. The molecule has 0 aliphatic heterocycles. The van der Waals surface area contributed by atoms with Gasteiger partial charge in [-0.05, 0) is 31.9 Å². The number of hydrogen-bond acceptors (Lipinski definition) is 4. The number of nitrogens with two attached hydrogens (primary N) is 1. The average Bonchev–Trinajstić information content (AvgIpc) is 2.87. The molecule has 20 heavy (non-hydrogen) atoms. The summed E-state index contributed by atoms with van der Waals surface area (Å²) in [6, 6.07) is 3.43. The van der Waals surface area contributed by atoms with Crippen LogP contribution < -0.4 is 11.5 Å². The monoisotopic (exact) mass is 272 g/mol. The molecule has 2 aromatic heterocycles. The second-order valence-corrected chi connectivity index (χ2v) is 4.84. The number of nitrogen functional groups attached to an aromatic ring is 1. The minimum atomic E-state index is -0.487. The second kappa shape index (κ2) is 4.26. The molecule has 0 aliphatic rings. The summed E-state index contributed by atoms with van der Waals surface area (Å²) in [5.41, 5.74) is 11.7. The van der Waals surface area contributed by atoms with Gasteiger partial charge in [0.2, 0.25) is 0 Å². The third-order valence-corrected chi connectivity index (χ3v) is 3.59. The highest BCUT2D eigenvalue weighted by Gasteiger charge is 2.15. The topological polar surface area (TPSA) is 89.8 Å². The van der Waals surface area contributed by atoms with Crippen molar-refractivity contribution in [2.24, 2.45) is 0 Å². The molecular weight excluding hydrogens is 256 g/mol. The van der Waals surface area contributed by atoms with Crippen molar-refractivity contribution in [1.29, 1.82) is 0 Å². The largest absolute Gasteiger partial charge is 0.417 e. The number of fused-ring (bicyclic) bond motifs is 1. The zero-order valence-corrected chi connectivity index (χ0v) is 11.7. The highest BCUT2D eigenvalue weighted by molar-refractivity contribution is 5.81. The summed E-state index contributed by atoms with van der Waals surface area (Å²) >= 11 is 0. The molecule has 0 radical (unpaired) electrons. The molecule has 0 spiro atoms. The van der Waals surface area contributed by atoms with Crippen LogP contribution in [0.5, 0.6) is 0 Å². The fourth-order valence-electron chi connectivity index (χ4n) is 2.61. The Balaban J connectivity index is 2.28. The van der Waals surface area contributed by atoms with E-state index < -0.39 is 5.76 Å². The first-order valence-electron chi connectivity index (χ1n) is 6.49. The maximum absolute atomic E-state index is 11.2. The van der Waals surface area contributed by atoms with Gasteiger partial charge >= 0.3 is 5.76 Å². The standard InChI is InChI=1S/C14H16N4O2/c1-4-9-7(2)17-18(8(9)3)12-6-11-13(5-10(12)15)20-14(19)16-11/h5-6H,4,15H2,1-3H3,(H,16,19). The molecule has 0 saturated carbocycles. The van der Waals surface area contributed by atoms with Gasteiger partial charge < -0.3 is 10.2 Å². The zero-order valence-electron chi connectivity index (χ0n) is 11.7. The Labute approximate surface area is 115 Å². The van der Waals surface area contributed by atoms with Gasteiger partial charge in [0, 0.05) is 11.8 Å². The van der Waals surface area contributed by atoms with Crippen molar-refractivity contribution in [3.8, 4) is 5.69 Å². The summed E-state index contributed by atoms with van der Waals surface area (Å²) in [6.07, 6.45) is 0.919. The fraction of sp³-hybridized carbons (Fsp3) is 0.286. The van der Waals surface area contributed by atoms with E-state index in [0.717, 1.165) is 23.5 Å². The molecular formula is C14H16N4O2. The van der Waals surface area contributed by atoms with Crippen LogP contribution in [-0.2, 0) is 6.42 Å². The van der Waals surface area contributed by atoms with Crippen LogP contribution in [0.3, 0.4) is 0 Å². The third-order valence-electron chi connectivity index (χ3n) is 3.59. The fourth-order valence-corrected chi connectivity index (χ4v) is 2.61. The zero-order chi connectivity index (χ0) is 14.4. The van der Waals surface area contributed by atoms with Crippen LogP contribution in [0.25, 0.3) is 16.8 Å². The number of oxazole rings is 1. The quantitative estimate of drug-likeness (QED) is 0.699. The lowest BCUT2D eigenvalue weighted by atomic mass is 10.1. The molecule has 104 valence electrons. The van der Waals surface area contributed by atoms with Crippen molar-refractivity contribution in [3.63, 3.8) is 0 Å². The van der Waals surface area contributed by atoms with Crippen LogP contribution in [0.2, 0.25) is 0 Å². The van der Waals surface area contributed by atoms with E-state index >= 15 is 0 Å². The van der Waals surface area contributed by atoms with E-state index in [0.29, 0.717) is 16.8 Å². The highest BCUT2D eigenvalue weighted by Crippen LogP contribution is 2.26. The SMILES string of the molecule is CCc1c(C)nn(-c2cc3[nH]c(=O)oc3cc2N)c1C. The Morgan fingerprint density at radius 3 is 2.80 bits per heavy atom. The van der Waals surface area contributed by atoms with Gasteiger partial charge in [0.05, 0.1) is 22.6 Å². The van der Waals surface area contributed by atoms with Crippen molar-refractivity contribution in [1.82, 2.24) is 14.8 Å². The van der Waals surface area contributed by atoms with E-state index in [-0.39, 0.29) is 0 Å². The number of anilines is 1. The van der Waals surface area contributed by atoms with Gasteiger partial charge in [0.15, 0.2) is 5.58 Å². The van der Waals surface area contributed by atoms with Gasteiger partial charge in [0.1, 0.15) is 0 Å². The summed E-state index contributed by atoms with van der Waals surface area (Å²) in [4.78, 5) is 13.9. The Hall–Kier alpha value is -2.50. The van der Waals surface area contributed by atoms with Gasteiger partial charge in [0.25, 0.3) is 0 Å². The molecule has 6 nitrogen and oxygen atoms in total. The molecule has 0 aliphatic carbocycles. The maximum atomic E-state index is 11.2. The van der Waals surface area contributed by atoms with E-state index in [9.17, 15) is 4.79 Å².